The summed E-state index contributed by atoms with van der Waals surface area (Å²) in [7, 11) is 0. The first-order valence-corrected chi connectivity index (χ1v) is 13.4. The lowest BCUT2D eigenvalue weighted by molar-refractivity contribution is -0.111. The number of halogens is 1. The first kappa shape index (κ1) is 25.8. The SMILES string of the molecule is C=CC(=O)Nc1cc2c(Nc3ccc(OCc4ccccn4)c(Cl)c3)ncnc2cc1C#CC1CC2(CNC2)C1. The summed E-state index contributed by atoms with van der Waals surface area (Å²) in [5, 5.41) is 10.7. The van der Waals surface area contributed by atoms with Crippen molar-refractivity contribution in [3.8, 4) is 17.6 Å². The van der Waals surface area contributed by atoms with Crippen LogP contribution in [0.25, 0.3) is 10.9 Å². The number of hydrogen-bond donors (Lipinski definition) is 3. The van der Waals surface area contributed by atoms with Gasteiger partial charge in [0, 0.05) is 36.3 Å². The zero-order valence-corrected chi connectivity index (χ0v) is 22.5. The van der Waals surface area contributed by atoms with E-state index in [9.17, 15) is 4.79 Å². The van der Waals surface area contributed by atoms with E-state index in [2.05, 4.69) is 49.3 Å². The van der Waals surface area contributed by atoms with Crippen molar-refractivity contribution < 1.29 is 9.53 Å². The molecule has 1 saturated carbocycles. The predicted molar refractivity (Wildman–Crippen MR) is 157 cm³/mol. The molecule has 3 N–H and O–H groups in total. The van der Waals surface area contributed by atoms with Gasteiger partial charge in [0.1, 0.15) is 24.5 Å². The third-order valence-corrected chi connectivity index (χ3v) is 7.58. The van der Waals surface area contributed by atoms with Gasteiger partial charge in [0.2, 0.25) is 5.91 Å². The van der Waals surface area contributed by atoms with Gasteiger partial charge < -0.3 is 20.7 Å². The van der Waals surface area contributed by atoms with Crippen LogP contribution in [0.3, 0.4) is 0 Å². The van der Waals surface area contributed by atoms with Gasteiger partial charge in [0.25, 0.3) is 0 Å². The standard InChI is InChI=1S/C31H27ClN6O2/c1-2-29(39)38-26-13-24-27(11-21(26)7-6-20-14-31(15-20)17-33-18-31)35-19-36-30(24)37-22-8-9-28(25(32)12-22)40-16-23-5-3-4-10-34-23/h2-5,8-13,19-20,33H,1,14-18H2,(H,38,39)(H,35,36,37). The molecule has 1 amide bonds. The summed E-state index contributed by atoms with van der Waals surface area (Å²) in [6, 6.07) is 14.8. The minimum absolute atomic E-state index is 0.313. The van der Waals surface area contributed by atoms with E-state index in [1.165, 1.54) is 12.4 Å². The molecule has 3 heterocycles. The van der Waals surface area contributed by atoms with E-state index in [-0.39, 0.29) is 5.91 Å². The molecular formula is C31H27ClN6O2. The lowest BCUT2D eigenvalue weighted by Crippen LogP contribution is -2.59. The smallest absolute Gasteiger partial charge is 0.247 e. The summed E-state index contributed by atoms with van der Waals surface area (Å²) in [5.41, 5.74) is 3.97. The maximum Gasteiger partial charge on any atom is 0.247 e. The molecule has 0 atom stereocenters. The normalized spacial score (nSPS) is 15.3. The fraction of sp³-hybridized carbons (Fsp3) is 0.226. The van der Waals surface area contributed by atoms with Crippen LogP contribution < -0.4 is 20.7 Å². The topological polar surface area (TPSA) is 101 Å². The minimum atomic E-state index is -0.315. The second-order valence-corrected chi connectivity index (χ2v) is 10.6. The Hall–Kier alpha value is -4.45. The molecule has 1 spiro atoms. The van der Waals surface area contributed by atoms with Crippen molar-refractivity contribution in [2.45, 2.75) is 19.4 Å². The molecular weight excluding hydrogens is 524 g/mol. The Morgan fingerprint density at radius 2 is 2.05 bits per heavy atom. The van der Waals surface area contributed by atoms with Gasteiger partial charge >= 0.3 is 0 Å². The molecule has 40 heavy (non-hydrogen) atoms. The van der Waals surface area contributed by atoms with E-state index in [1.54, 1.807) is 18.3 Å². The van der Waals surface area contributed by atoms with Crippen molar-refractivity contribution in [2.75, 3.05) is 23.7 Å². The molecule has 1 saturated heterocycles. The maximum absolute atomic E-state index is 12.2. The second kappa shape index (κ2) is 11.0. The number of fused-ring (bicyclic) bond motifs is 1. The van der Waals surface area contributed by atoms with E-state index in [4.69, 9.17) is 16.3 Å². The highest BCUT2D eigenvalue weighted by Crippen LogP contribution is 2.48. The van der Waals surface area contributed by atoms with Crippen LogP contribution in [0.1, 0.15) is 24.1 Å². The van der Waals surface area contributed by atoms with Crippen LogP contribution in [0.15, 0.2) is 73.7 Å². The third kappa shape index (κ3) is 5.48. The first-order valence-electron chi connectivity index (χ1n) is 13.0. The van der Waals surface area contributed by atoms with Crippen LogP contribution in [-0.4, -0.2) is 33.9 Å². The molecule has 4 aromatic rings. The van der Waals surface area contributed by atoms with Crippen molar-refractivity contribution in [3.05, 3.63) is 90.0 Å². The summed E-state index contributed by atoms with van der Waals surface area (Å²) < 4.78 is 5.84. The van der Waals surface area contributed by atoms with Gasteiger partial charge in [0.15, 0.2) is 0 Å². The molecule has 0 unspecified atom stereocenters. The minimum Gasteiger partial charge on any atom is -0.486 e. The van der Waals surface area contributed by atoms with Crippen molar-refractivity contribution in [1.29, 1.82) is 0 Å². The summed E-state index contributed by atoms with van der Waals surface area (Å²) in [6.45, 7) is 6.06. The van der Waals surface area contributed by atoms with E-state index >= 15 is 0 Å². The van der Waals surface area contributed by atoms with Gasteiger partial charge in [-0.25, -0.2) is 9.97 Å². The van der Waals surface area contributed by atoms with Crippen LogP contribution in [0.2, 0.25) is 5.02 Å². The Morgan fingerprint density at radius 3 is 2.77 bits per heavy atom. The van der Waals surface area contributed by atoms with Gasteiger partial charge in [-0.3, -0.25) is 9.78 Å². The molecule has 2 fully saturated rings. The molecule has 1 aliphatic carbocycles. The number of aromatic nitrogens is 3. The highest BCUT2D eigenvalue weighted by molar-refractivity contribution is 6.32. The number of amides is 1. The molecule has 6 rings (SSSR count). The zero-order chi connectivity index (χ0) is 27.5. The van der Waals surface area contributed by atoms with Crippen molar-refractivity contribution in [2.24, 2.45) is 11.3 Å². The molecule has 2 aromatic carbocycles. The van der Waals surface area contributed by atoms with Crippen LogP contribution in [-0.2, 0) is 11.4 Å². The number of nitrogens with zero attached hydrogens (tertiary/aromatic N) is 3. The highest BCUT2D eigenvalue weighted by atomic mass is 35.5. The van der Waals surface area contributed by atoms with Crippen LogP contribution >= 0.6 is 11.6 Å². The van der Waals surface area contributed by atoms with Crippen LogP contribution in [0.4, 0.5) is 17.2 Å². The number of hydrogen-bond acceptors (Lipinski definition) is 7. The van der Waals surface area contributed by atoms with Crippen LogP contribution in [0.5, 0.6) is 5.75 Å². The summed E-state index contributed by atoms with van der Waals surface area (Å²) in [5.74, 6) is 7.86. The van der Waals surface area contributed by atoms with Crippen molar-refractivity contribution >= 4 is 45.6 Å². The Kier molecular flexibility index (Phi) is 7.08. The molecule has 8 nitrogen and oxygen atoms in total. The van der Waals surface area contributed by atoms with Gasteiger partial charge in [0.05, 0.1) is 27.5 Å². The maximum atomic E-state index is 12.2. The Labute approximate surface area is 237 Å². The van der Waals surface area contributed by atoms with Crippen molar-refractivity contribution in [1.82, 2.24) is 20.3 Å². The molecule has 0 bridgehead atoms. The van der Waals surface area contributed by atoms with E-state index < -0.39 is 0 Å². The average molecular weight is 551 g/mol. The Balaban J connectivity index is 1.24. The van der Waals surface area contributed by atoms with E-state index in [0.29, 0.717) is 51.3 Å². The Bertz CT molecular complexity index is 1650. The molecule has 0 radical (unpaired) electrons. The molecule has 200 valence electrons. The lowest BCUT2D eigenvalue weighted by atomic mass is 9.59. The molecule has 9 heteroatoms. The molecule has 2 aliphatic rings. The lowest BCUT2D eigenvalue weighted by Gasteiger charge is -2.53. The van der Waals surface area contributed by atoms with Crippen LogP contribution in [0, 0.1) is 23.2 Å². The van der Waals surface area contributed by atoms with Gasteiger partial charge in [-0.1, -0.05) is 36.1 Å². The van der Waals surface area contributed by atoms with Crippen molar-refractivity contribution in [3.63, 3.8) is 0 Å². The quantitative estimate of drug-likeness (QED) is 0.207. The number of ether oxygens (including phenoxy) is 1. The first-order chi connectivity index (χ1) is 19.5. The third-order valence-electron chi connectivity index (χ3n) is 7.28. The van der Waals surface area contributed by atoms with Gasteiger partial charge in [-0.05, 0) is 66.8 Å². The summed E-state index contributed by atoms with van der Waals surface area (Å²) in [6.07, 6.45) is 6.68. The van der Waals surface area contributed by atoms with Gasteiger partial charge in [-0.2, -0.15) is 0 Å². The fourth-order valence-electron chi connectivity index (χ4n) is 5.10. The largest absolute Gasteiger partial charge is 0.486 e. The number of rotatable bonds is 7. The number of carbonyl (C=O) groups is 1. The second-order valence-electron chi connectivity index (χ2n) is 10.2. The predicted octanol–water partition coefficient (Wildman–Crippen LogP) is 5.48. The highest BCUT2D eigenvalue weighted by Gasteiger charge is 2.47. The number of nitrogens with one attached hydrogen (secondary N) is 3. The fourth-order valence-corrected chi connectivity index (χ4v) is 5.33. The van der Waals surface area contributed by atoms with E-state index in [1.807, 2.05) is 36.4 Å². The molecule has 2 aromatic heterocycles. The average Bonchev–Trinajstić information content (AvgIpc) is 2.92. The summed E-state index contributed by atoms with van der Waals surface area (Å²) >= 11 is 6.51. The monoisotopic (exact) mass is 550 g/mol. The number of pyridine rings is 1. The number of carbonyl (C=O) groups excluding carboxylic acids is 1. The van der Waals surface area contributed by atoms with Gasteiger partial charge in [-0.15, -0.1) is 0 Å². The number of anilines is 3. The summed E-state index contributed by atoms with van der Waals surface area (Å²) in [4.78, 5) is 25.4. The zero-order valence-electron chi connectivity index (χ0n) is 21.7. The molecule has 1 aliphatic heterocycles. The Morgan fingerprint density at radius 1 is 1.18 bits per heavy atom. The number of benzene rings is 2. The van der Waals surface area contributed by atoms with E-state index in [0.717, 1.165) is 42.7 Å².